The average Bonchev–Trinajstić information content (AvgIpc) is 2.39. The van der Waals surface area contributed by atoms with Crippen LogP contribution in [0.15, 0.2) is 0 Å². The molecule has 0 aromatic rings. The summed E-state index contributed by atoms with van der Waals surface area (Å²) in [5.74, 6) is 3.24. The molecule has 1 fully saturated rings. The summed E-state index contributed by atoms with van der Waals surface area (Å²) in [5.41, 5.74) is 0. The molecule has 1 saturated heterocycles. The van der Waals surface area contributed by atoms with Crippen LogP contribution in [0.5, 0.6) is 0 Å². The van der Waals surface area contributed by atoms with E-state index >= 15 is 0 Å². The molecule has 120 valence electrons. The normalized spacial score (nSPS) is 20.2. The van der Waals surface area contributed by atoms with Crippen LogP contribution in [0.1, 0.15) is 60.8 Å². The molecule has 2 nitrogen and oxygen atoms in total. The Labute approximate surface area is 127 Å². The maximum atomic E-state index is 3.84. The van der Waals surface area contributed by atoms with Gasteiger partial charge in [-0.2, -0.15) is 0 Å². The molecule has 0 saturated carbocycles. The summed E-state index contributed by atoms with van der Waals surface area (Å²) in [6.45, 7) is 19.2. The fraction of sp³-hybridized carbons (Fsp3) is 1.00. The topological polar surface area (TPSA) is 15.3 Å². The van der Waals surface area contributed by atoms with Crippen LogP contribution >= 0.6 is 0 Å². The molecular formula is C18H38N2. The van der Waals surface area contributed by atoms with E-state index in [9.17, 15) is 0 Å². The second-order valence-corrected chi connectivity index (χ2v) is 7.53. The lowest BCUT2D eigenvalue weighted by atomic mass is 9.84. The summed E-state index contributed by atoms with van der Waals surface area (Å²) in [5, 5.41) is 3.84. The largest absolute Gasteiger partial charge is 0.314 e. The molecule has 1 atom stereocenters. The standard InChI is InChI=1S/C18H38N2/c1-7-10-20-11-8-17(9-12-20)16(6)19-13-18(14(2)3)15(4)5/h14-19H,7-13H2,1-6H3. The van der Waals surface area contributed by atoms with Gasteiger partial charge in [-0.1, -0.05) is 34.6 Å². The Hall–Kier alpha value is -0.0800. The monoisotopic (exact) mass is 282 g/mol. The molecule has 1 heterocycles. The summed E-state index contributed by atoms with van der Waals surface area (Å²) in [7, 11) is 0. The minimum absolute atomic E-state index is 0.679. The van der Waals surface area contributed by atoms with Crippen LogP contribution in [0, 0.1) is 23.7 Å². The second-order valence-electron chi connectivity index (χ2n) is 7.53. The zero-order chi connectivity index (χ0) is 15.1. The van der Waals surface area contributed by atoms with Crippen molar-refractivity contribution in [3.05, 3.63) is 0 Å². The van der Waals surface area contributed by atoms with E-state index in [0.717, 1.165) is 23.7 Å². The fourth-order valence-electron chi connectivity index (χ4n) is 3.72. The summed E-state index contributed by atoms with van der Waals surface area (Å²) in [6, 6.07) is 0.679. The molecule has 2 heteroatoms. The molecule has 1 aliphatic heterocycles. The van der Waals surface area contributed by atoms with Crippen LogP contribution in [-0.2, 0) is 0 Å². The number of hydrogen-bond acceptors (Lipinski definition) is 2. The van der Waals surface area contributed by atoms with Crippen molar-refractivity contribution in [2.24, 2.45) is 23.7 Å². The van der Waals surface area contributed by atoms with Crippen LogP contribution < -0.4 is 5.32 Å². The van der Waals surface area contributed by atoms with E-state index in [4.69, 9.17) is 0 Å². The Bertz CT molecular complexity index is 234. The van der Waals surface area contributed by atoms with E-state index in [1.807, 2.05) is 0 Å². The molecule has 1 aliphatic rings. The third kappa shape index (κ3) is 5.73. The van der Waals surface area contributed by atoms with Crippen molar-refractivity contribution in [3.63, 3.8) is 0 Å². The van der Waals surface area contributed by atoms with Crippen molar-refractivity contribution in [1.82, 2.24) is 10.2 Å². The first-order chi connectivity index (χ1) is 9.45. The van der Waals surface area contributed by atoms with Gasteiger partial charge in [-0.15, -0.1) is 0 Å². The third-order valence-corrected chi connectivity index (χ3v) is 5.27. The number of nitrogens with one attached hydrogen (secondary N) is 1. The number of nitrogens with zero attached hydrogens (tertiary/aromatic N) is 1. The first kappa shape index (κ1) is 18.0. The van der Waals surface area contributed by atoms with Crippen LogP contribution in [0.2, 0.25) is 0 Å². The SMILES string of the molecule is CCCN1CCC(C(C)NCC(C(C)C)C(C)C)CC1. The fourth-order valence-corrected chi connectivity index (χ4v) is 3.72. The van der Waals surface area contributed by atoms with Gasteiger partial charge < -0.3 is 10.2 Å². The molecule has 20 heavy (non-hydrogen) atoms. The number of piperidine rings is 1. The van der Waals surface area contributed by atoms with Gasteiger partial charge in [-0.3, -0.25) is 0 Å². The minimum atomic E-state index is 0.679. The summed E-state index contributed by atoms with van der Waals surface area (Å²) in [4.78, 5) is 2.63. The summed E-state index contributed by atoms with van der Waals surface area (Å²) in [6.07, 6.45) is 4.05. The van der Waals surface area contributed by atoms with Gasteiger partial charge in [0.1, 0.15) is 0 Å². The Morgan fingerprint density at radius 1 is 1.00 bits per heavy atom. The number of rotatable bonds is 8. The first-order valence-electron chi connectivity index (χ1n) is 8.91. The number of likely N-dealkylation sites (tertiary alicyclic amines) is 1. The van der Waals surface area contributed by atoms with E-state index in [-0.39, 0.29) is 0 Å². The average molecular weight is 283 g/mol. The smallest absolute Gasteiger partial charge is 0.00680 e. The Balaban J connectivity index is 2.31. The van der Waals surface area contributed by atoms with Crippen molar-refractivity contribution < 1.29 is 0 Å². The van der Waals surface area contributed by atoms with Gasteiger partial charge in [0.2, 0.25) is 0 Å². The van der Waals surface area contributed by atoms with Crippen LogP contribution in [0.4, 0.5) is 0 Å². The lowest BCUT2D eigenvalue weighted by molar-refractivity contribution is 0.156. The van der Waals surface area contributed by atoms with Crippen molar-refractivity contribution in [3.8, 4) is 0 Å². The molecule has 0 radical (unpaired) electrons. The van der Waals surface area contributed by atoms with E-state index in [2.05, 4.69) is 51.8 Å². The lowest BCUT2D eigenvalue weighted by Crippen LogP contribution is -2.44. The molecular weight excluding hydrogens is 244 g/mol. The predicted molar refractivity (Wildman–Crippen MR) is 90.1 cm³/mol. The van der Waals surface area contributed by atoms with E-state index in [0.29, 0.717) is 6.04 Å². The van der Waals surface area contributed by atoms with Crippen LogP contribution in [-0.4, -0.2) is 37.1 Å². The molecule has 0 aromatic heterocycles. The van der Waals surface area contributed by atoms with Gasteiger partial charge in [-0.25, -0.2) is 0 Å². The molecule has 0 amide bonds. The highest BCUT2D eigenvalue weighted by atomic mass is 15.1. The Morgan fingerprint density at radius 2 is 1.55 bits per heavy atom. The van der Waals surface area contributed by atoms with E-state index in [1.54, 1.807) is 0 Å². The van der Waals surface area contributed by atoms with Crippen molar-refractivity contribution in [2.75, 3.05) is 26.2 Å². The second kappa shape index (κ2) is 9.04. The molecule has 1 rings (SSSR count). The molecule has 0 spiro atoms. The minimum Gasteiger partial charge on any atom is -0.314 e. The van der Waals surface area contributed by atoms with E-state index < -0.39 is 0 Å². The highest BCUT2D eigenvalue weighted by Crippen LogP contribution is 2.23. The zero-order valence-electron chi connectivity index (χ0n) is 14.8. The molecule has 1 unspecified atom stereocenters. The lowest BCUT2D eigenvalue weighted by Gasteiger charge is -2.36. The molecule has 0 bridgehead atoms. The number of hydrogen-bond donors (Lipinski definition) is 1. The van der Waals surface area contributed by atoms with Gasteiger partial charge in [0, 0.05) is 6.04 Å². The third-order valence-electron chi connectivity index (χ3n) is 5.27. The van der Waals surface area contributed by atoms with Crippen molar-refractivity contribution in [1.29, 1.82) is 0 Å². The van der Waals surface area contributed by atoms with Crippen LogP contribution in [0.3, 0.4) is 0 Å². The Morgan fingerprint density at radius 3 is 2.00 bits per heavy atom. The maximum absolute atomic E-state index is 3.84. The summed E-state index contributed by atoms with van der Waals surface area (Å²) >= 11 is 0. The molecule has 1 N–H and O–H groups in total. The van der Waals surface area contributed by atoms with Crippen molar-refractivity contribution >= 4 is 0 Å². The summed E-state index contributed by atoms with van der Waals surface area (Å²) < 4.78 is 0. The molecule has 0 aliphatic carbocycles. The van der Waals surface area contributed by atoms with Crippen molar-refractivity contribution in [2.45, 2.75) is 66.8 Å². The van der Waals surface area contributed by atoms with Gasteiger partial charge >= 0.3 is 0 Å². The molecule has 0 aromatic carbocycles. The zero-order valence-corrected chi connectivity index (χ0v) is 14.8. The van der Waals surface area contributed by atoms with Gasteiger partial charge in [0.15, 0.2) is 0 Å². The predicted octanol–water partition coefficient (Wildman–Crippen LogP) is 4.01. The highest BCUT2D eigenvalue weighted by molar-refractivity contribution is 4.81. The Kier molecular flexibility index (Phi) is 8.13. The first-order valence-corrected chi connectivity index (χ1v) is 8.91. The van der Waals surface area contributed by atoms with Crippen LogP contribution in [0.25, 0.3) is 0 Å². The van der Waals surface area contributed by atoms with Gasteiger partial charge in [-0.05, 0) is 76.0 Å². The maximum Gasteiger partial charge on any atom is 0.00680 e. The highest BCUT2D eigenvalue weighted by Gasteiger charge is 2.25. The van der Waals surface area contributed by atoms with Gasteiger partial charge in [0.05, 0.1) is 0 Å². The van der Waals surface area contributed by atoms with Gasteiger partial charge in [0.25, 0.3) is 0 Å². The van der Waals surface area contributed by atoms with E-state index in [1.165, 1.54) is 45.4 Å². The quantitative estimate of drug-likeness (QED) is 0.723.